The third kappa shape index (κ3) is 3.00. The first-order valence-corrected chi connectivity index (χ1v) is 5.11. The number of hydrogen-bond donors (Lipinski definition) is 2. The molecule has 1 unspecified atom stereocenters. The number of hydrogen-bond acceptors (Lipinski definition) is 5. The molecule has 1 rings (SSSR count). The molecule has 0 aliphatic rings. The third-order valence-corrected chi connectivity index (χ3v) is 2.76. The summed E-state index contributed by atoms with van der Waals surface area (Å²) in [5.74, 6) is 0.236. The first-order chi connectivity index (χ1) is 6.61. The lowest BCUT2D eigenvalue weighted by atomic mass is 10.2. The molecule has 0 radical (unpaired) electrons. The summed E-state index contributed by atoms with van der Waals surface area (Å²) in [5.41, 5.74) is 10.5. The number of aromatic nitrogens is 3. The zero-order valence-corrected chi connectivity index (χ0v) is 8.70. The highest BCUT2D eigenvalue weighted by Crippen LogP contribution is 2.14. The number of carbonyl (C=O) groups excluding carboxylic acids is 1. The molecule has 0 saturated heterocycles. The maximum absolute atomic E-state index is 10.6. The number of carbonyl (C=O) groups is 1. The molecule has 0 spiro atoms. The normalized spacial score (nSPS) is 12.7. The van der Waals surface area contributed by atoms with E-state index in [1.807, 2.05) is 7.05 Å². The lowest BCUT2D eigenvalue weighted by molar-refractivity contribution is -0.119. The molecule has 1 heterocycles. The van der Waals surface area contributed by atoms with Crippen molar-refractivity contribution in [1.82, 2.24) is 14.8 Å². The number of nitrogens with two attached hydrogens (primary N) is 2. The smallest absolute Gasteiger partial charge is 0.234 e. The highest BCUT2D eigenvalue weighted by atomic mass is 32.2. The van der Waals surface area contributed by atoms with Crippen molar-refractivity contribution in [3.8, 4) is 0 Å². The second kappa shape index (κ2) is 4.97. The summed E-state index contributed by atoms with van der Waals surface area (Å²) in [6.45, 7) is 0. The molecule has 7 heteroatoms. The van der Waals surface area contributed by atoms with E-state index in [0.717, 1.165) is 5.16 Å². The summed E-state index contributed by atoms with van der Waals surface area (Å²) in [6.07, 6.45) is 2.17. The fourth-order valence-corrected chi connectivity index (χ4v) is 1.73. The Hall–Kier alpha value is -1.08. The van der Waals surface area contributed by atoms with Gasteiger partial charge in [-0.3, -0.25) is 4.79 Å². The van der Waals surface area contributed by atoms with Gasteiger partial charge in [-0.2, -0.15) is 0 Å². The van der Waals surface area contributed by atoms with Crippen LogP contribution in [-0.2, 0) is 11.8 Å². The molecule has 1 atom stereocenters. The van der Waals surface area contributed by atoms with Gasteiger partial charge in [0.05, 0.1) is 6.04 Å². The lowest BCUT2D eigenvalue weighted by Gasteiger charge is -2.05. The zero-order chi connectivity index (χ0) is 10.6. The maximum atomic E-state index is 10.6. The van der Waals surface area contributed by atoms with Gasteiger partial charge in [-0.15, -0.1) is 10.2 Å². The summed E-state index contributed by atoms with van der Waals surface area (Å²) in [4.78, 5) is 10.6. The van der Waals surface area contributed by atoms with E-state index in [0.29, 0.717) is 12.2 Å². The summed E-state index contributed by atoms with van der Waals surface area (Å²) in [5, 5.41) is 8.41. The van der Waals surface area contributed by atoms with Crippen LogP contribution in [0.3, 0.4) is 0 Å². The molecule has 0 aromatic carbocycles. The molecule has 0 aliphatic carbocycles. The van der Waals surface area contributed by atoms with Crippen LogP contribution in [0.1, 0.15) is 6.42 Å². The van der Waals surface area contributed by atoms with Crippen LogP contribution in [0.2, 0.25) is 0 Å². The molecule has 0 aliphatic heterocycles. The van der Waals surface area contributed by atoms with Crippen LogP contribution in [0.25, 0.3) is 0 Å². The Morgan fingerprint density at radius 1 is 1.79 bits per heavy atom. The molecule has 78 valence electrons. The lowest BCUT2D eigenvalue weighted by Crippen LogP contribution is -2.36. The summed E-state index contributed by atoms with van der Waals surface area (Å²) in [7, 11) is 1.86. The van der Waals surface area contributed by atoms with Gasteiger partial charge in [-0.1, -0.05) is 11.8 Å². The topological polar surface area (TPSA) is 99.8 Å². The standard InChI is InChI=1S/C7H13N5OS/c1-12-4-10-11-7(12)14-3-2-5(8)6(9)13/h4-5H,2-3,8H2,1H3,(H2,9,13). The van der Waals surface area contributed by atoms with E-state index in [2.05, 4.69) is 10.2 Å². The summed E-state index contributed by atoms with van der Waals surface area (Å²) < 4.78 is 1.81. The quantitative estimate of drug-likeness (QED) is 0.621. The largest absolute Gasteiger partial charge is 0.368 e. The van der Waals surface area contributed by atoms with Gasteiger partial charge in [0.2, 0.25) is 5.91 Å². The van der Waals surface area contributed by atoms with E-state index in [-0.39, 0.29) is 0 Å². The van der Waals surface area contributed by atoms with Gasteiger partial charge in [0.15, 0.2) is 5.16 Å². The Morgan fingerprint density at radius 2 is 2.50 bits per heavy atom. The predicted molar refractivity (Wildman–Crippen MR) is 53.5 cm³/mol. The van der Waals surface area contributed by atoms with Crippen molar-refractivity contribution in [2.75, 3.05) is 5.75 Å². The highest BCUT2D eigenvalue weighted by Gasteiger charge is 2.09. The van der Waals surface area contributed by atoms with Crippen LogP contribution in [-0.4, -0.2) is 32.5 Å². The number of primary amides is 1. The van der Waals surface area contributed by atoms with Gasteiger partial charge in [0.1, 0.15) is 6.33 Å². The number of thioether (sulfide) groups is 1. The molecular weight excluding hydrogens is 202 g/mol. The van der Waals surface area contributed by atoms with Crippen molar-refractivity contribution in [2.24, 2.45) is 18.5 Å². The minimum atomic E-state index is -0.573. The molecule has 4 N–H and O–H groups in total. The number of rotatable bonds is 5. The Labute approximate surface area is 86.0 Å². The van der Waals surface area contributed by atoms with Gasteiger partial charge in [-0.05, 0) is 6.42 Å². The Bertz CT molecular complexity index is 313. The Kier molecular flexibility index (Phi) is 3.90. The van der Waals surface area contributed by atoms with Gasteiger partial charge in [0.25, 0.3) is 0 Å². The van der Waals surface area contributed by atoms with Crippen molar-refractivity contribution < 1.29 is 4.79 Å². The van der Waals surface area contributed by atoms with Gasteiger partial charge in [-0.25, -0.2) is 0 Å². The van der Waals surface area contributed by atoms with Crippen molar-refractivity contribution in [2.45, 2.75) is 17.6 Å². The maximum Gasteiger partial charge on any atom is 0.234 e. The molecular formula is C7H13N5OS. The average molecular weight is 215 g/mol. The molecule has 0 fully saturated rings. The molecule has 1 aromatic heterocycles. The van der Waals surface area contributed by atoms with E-state index in [1.54, 1.807) is 10.9 Å². The third-order valence-electron chi connectivity index (χ3n) is 1.70. The van der Waals surface area contributed by atoms with E-state index in [1.165, 1.54) is 11.8 Å². The molecule has 14 heavy (non-hydrogen) atoms. The monoisotopic (exact) mass is 215 g/mol. The molecule has 1 aromatic rings. The minimum absolute atomic E-state index is 0.469. The summed E-state index contributed by atoms with van der Waals surface area (Å²) in [6, 6.07) is -0.573. The van der Waals surface area contributed by atoms with Crippen molar-refractivity contribution >= 4 is 17.7 Å². The number of amides is 1. The highest BCUT2D eigenvalue weighted by molar-refractivity contribution is 7.99. The molecule has 6 nitrogen and oxygen atoms in total. The Morgan fingerprint density at radius 3 is 3.00 bits per heavy atom. The minimum Gasteiger partial charge on any atom is -0.368 e. The molecule has 0 bridgehead atoms. The van der Waals surface area contributed by atoms with Crippen molar-refractivity contribution in [3.05, 3.63) is 6.33 Å². The van der Waals surface area contributed by atoms with E-state index in [9.17, 15) is 4.79 Å². The first kappa shape index (κ1) is 11.0. The predicted octanol–water partition coefficient (Wildman–Crippen LogP) is -0.890. The fraction of sp³-hybridized carbons (Fsp3) is 0.571. The van der Waals surface area contributed by atoms with Crippen LogP contribution in [0.4, 0.5) is 0 Å². The fourth-order valence-electron chi connectivity index (χ4n) is 0.823. The average Bonchev–Trinajstić information content (AvgIpc) is 2.51. The first-order valence-electron chi connectivity index (χ1n) is 4.13. The molecule has 1 amide bonds. The number of nitrogens with zero attached hydrogens (tertiary/aromatic N) is 3. The second-order valence-electron chi connectivity index (χ2n) is 2.87. The second-order valence-corrected chi connectivity index (χ2v) is 3.93. The van der Waals surface area contributed by atoms with E-state index < -0.39 is 11.9 Å². The van der Waals surface area contributed by atoms with Crippen LogP contribution in [0.15, 0.2) is 11.5 Å². The summed E-state index contributed by atoms with van der Waals surface area (Å²) >= 11 is 1.50. The zero-order valence-electron chi connectivity index (χ0n) is 7.88. The van der Waals surface area contributed by atoms with Gasteiger partial charge in [0, 0.05) is 12.8 Å². The van der Waals surface area contributed by atoms with Gasteiger partial charge >= 0.3 is 0 Å². The number of aryl methyl sites for hydroxylation is 1. The van der Waals surface area contributed by atoms with Crippen molar-refractivity contribution in [3.63, 3.8) is 0 Å². The van der Waals surface area contributed by atoms with Crippen LogP contribution >= 0.6 is 11.8 Å². The van der Waals surface area contributed by atoms with E-state index >= 15 is 0 Å². The SMILES string of the molecule is Cn1cnnc1SCCC(N)C(N)=O. The van der Waals surface area contributed by atoms with Gasteiger partial charge < -0.3 is 16.0 Å². The van der Waals surface area contributed by atoms with E-state index in [4.69, 9.17) is 11.5 Å². The molecule has 0 saturated carbocycles. The van der Waals surface area contributed by atoms with Crippen molar-refractivity contribution in [1.29, 1.82) is 0 Å². The van der Waals surface area contributed by atoms with Crippen LogP contribution < -0.4 is 11.5 Å². The Balaban J connectivity index is 2.29. The van der Waals surface area contributed by atoms with Crippen LogP contribution in [0.5, 0.6) is 0 Å². The van der Waals surface area contributed by atoms with Crippen LogP contribution in [0, 0.1) is 0 Å².